The maximum absolute atomic E-state index is 12.9. The third-order valence-electron chi connectivity index (χ3n) is 5.16. The van der Waals surface area contributed by atoms with Gasteiger partial charge in [0.1, 0.15) is 0 Å². The summed E-state index contributed by atoms with van der Waals surface area (Å²) in [5, 5.41) is 0. The number of carbonyl (C=O) groups is 1. The van der Waals surface area contributed by atoms with E-state index in [9.17, 15) is 4.79 Å². The van der Waals surface area contributed by atoms with E-state index in [1.165, 1.54) is 5.56 Å². The highest BCUT2D eigenvalue weighted by atomic mass is 16.2. The van der Waals surface area contributed by atoms with Crippen molar-refractivity contribution in [2.45, 2.75) is 26.2 Å². The highest BCUT2D eigenvalue weighted by Crippen LogP contribution is 2.30. The topological polar surface area (TPSA) is 46.1 Å². The number of aryl methyl sites for hydroxylation is 2. The molecule has 3 heterocycles. The molecule has 2 aromatic heterocycles. The van der Waals surface area contributed by atoms with Crippen LogP contribution in [0.2, 0.25) is 0 Å². The predicted molar refractivity (Wildman–Crippen MR) is 107 cm³/mol. The van der Waals surface area contributed by atoms with E-state index in [1.54, 1.807) is 6.20 Å². The molecule has 0 N–H and O–H groups in total. The van der Waals surface area contributed by atoms with Crippen molar-refractivity contribution in [3.8, 4) is 11.3 Å². The average Bonchev–Trinajstić information content (AvgIpc) is 3.18. The molecule has 0 spiro atoms. The van der Waals surface area contributed by atoms with E-state index in [0.717, 1.165) is 47.5 Å². The summed E-state index contributed by atoms with van der Waals surface area (Å²) in [6.45, 7) is 5.62. The summed E-state index contributed by atoms with van der Waals surface area (Å²) in [5.74, 6) is 0.476. The van der Waals surface area contributed by atoms with Crippen LogP contribution in [0.3, 0.4) is 0 Å². The monoisotopic (exact) mass is 357 g/mol. The number of nitrogens with zero attached hydrogens (tertiary/aromatic N) is 3. The molecule has 0 unspecified atom stereocenters. The molecule has 136 valence electrons. The number of hydrogen-bond acceptors (Lipinski definition) is 3. The van der Waals surface area contributed by atoms with Gasteiger partial charge in [-0.05, 0) is 62.2 Å². The van der Waals surface area contributed by atoms with Crippen molar-refractivity contribution in [2.75, 3.05) is 13.1 Å². The van der Waals surface area contributed by atoms with Crippen LogP contribution in [0, 0.1) is 13.8 Å². The summed E-state index contributed by atoms with van der Waals surface area (Å²) in [7, 11) is 0. The number of pyridine rings is 2. The van der Waals surface area contributed by atoms with Crippen LogP contribution in [0.25, 0.3) is 11.3 Å². The summed E-state index contributed by atoms with van der Waals surface area (Å²) in [6.07, 6.45) is 6.43. The molecule has 1 saturated heterocycles. The lowest BCUT2D eigenvalue weighted by atomic mass is 9.98. The maximum atomic E-state index is 12.9. The number of benzene rings is 1. The second-order valence-electron chi connectivity index (χ2n) is 7.33. The molecule has 0 radical (unpaired) electrons. The second-order valence-corrected chi connectivity index (χ2v) is 7.33. The van der Waals surface area contributed by atoms with Gasteiger partial charge in [-0.15, -0.1) is 0 Å². The molecule has 1 fully saturated rings. The Bertz CT molecular complexity index is 948. The fourth-order valence-electron chi connectivity index (χ4n) is 3.87. The first-order valence-electron chi connectivity index (χ1n) is 9.34. The summed E-state index contributed by atoms with van der Waals surface area (Å²) in [4.78, 5) is 23.6. The van der Waals surface area contributed by atoms with Crippen molar-refractivity contribution in [1.82, 2.24) is 14.9 Å². The molecular formula is C23H23N3O. The summed E-state index contributed by atoms with van der Waals surface area (Å²) < 4.78 is 0. The minimum Gasteiger partial charge on any atom is -0.338 e. The van der Waals surface area contributed by atoms with Gasteiger partial charge in [0.2, 0.25) is 0 Å². The number of likely N-dealkylation sites (tertiary alicyclic amines) is 1. The van der Waals surface area contributed by atoms with Crippen LogP contribution in [-0.2, 0) is 0 Å². The third-order valence-corrected chi connectivity index (χ3v) is 5.16. The zero-order valence-corrected chi connectivity index (χ0v) is 15.7. The van der Waals surface area contributed by atoms with E-state index < -0.39 is 0 Å². The normalized spacial score (nSPS) is 16.5. The van der Waals surface area contributed by atoms with Crippen LogP contribution in [0.4, 0.5) is 0 Å². The summed E-state index contributed by atoms with van der Waals surface area (Å²) in [5.41, 5.74) is 6.23. The Morgan fingerprint density at radius 1 is 1.07 bits per heavy atom. The minimum absolute atomic E-state index is 0.130. The number of hydrogen-bond donors (Lipinski definition) is 0. The fourth-order valence-corrected chi connectivity index (χ4v) is 3.87. The smallest absolute Gasteiger partial charge is 0.253 e. The van der Waals surface area contributed by atoms with Crippen molar-refractivity contribution in [3.05, 3.63) is 83.3 Å². The van der Waals surface area contributed by atoms with Crippen molar-refractivity contribution >= 4 is 5.91 Å². The van der Waals surface area contributed by atoms with Crippen LogP contribution < -0.4 is 0 Å². The summed E-state index contributed by atoms with van der Waals surface area (Å²) in [6, 6.07) is 14.2. The zero-order chi connectivity index (χ0) is 18.8. The number of amides is 1. The minimum atomic E-state index is 0.130. The van der Waals surface area contributed by atoms with E-state index in [-0.39, 0.29) is 5.91 Å². The van der Waals surface area contributed by atoms with Crippen LogP contribution >= 0.6 is 0 Å². The van der Waals surface area contributed by atoms with E-state index in [0.29, 0.717) is 5.92 Å². The lowest BCUT2D eigenvalue weighted by Gasteiger charge is -2.18. The fraction of sp³-hybridized carbons (Fsp3) is 0.261. The van der Waals surface area contributed by atoms with Gasteiger partial charge in [0, 0.05) is 48.7 Å². The quantitative estimate of drug-likeness (QED) is 0.698. The van der Waals surface area contributed by atoms with Gasteiger partial charge in [-0.1, -0.05) is 17.2 Å². The van der Waals surface area contributed by atoms with Gasteiger partial charge in [-0.3, -0.25) is 14.8 Å². The van der Waals surface area contributed by atoms with E-state index >= 15 is 0 Å². The molecule has 1 aromatic carbocycles. The Hall–Kier alpha value is -3.01. The molecule has 4 heteroatoms. The number of aromatic nitrogens is 2. The van der Waals surface area contributed by atoms with Crippen LogP contribution in [0.1, 0.15) is 39.4 Å². The lowest BCUT2D eigenvalue weighted by molar-refractivity contribution is 0.0790. The number of carbonyl (C=O) groups excluding carboxylic acids is 1. The highest BCUT2D eigenvalue weighted by molar-refractivity contribution is 5.94. The van der Waals surface area contributed by atoms with Gasteiger partial charge in [0.25, 0.3) is 5.91 Å². The average molecular weight is 357 g/mol. The highest BCUT2D eigenvalue weighted by Gasteiger charge is 2.28. The molecule has 27 heavy (non-hydrogen) atoms. The van der Waals surface area contributed by atoms with E-state index in [2.05, 4.69) is 28.2 Å². The predicted octanol–water partition coefficient (Wildman–Crippen LogP) is 4.39. The SMILES string of the molecule is Cc1cc(C)cc(C(=O)N2CC[C@@H](c3ccnc(-c4cccnc4)c3)C2)c1. The van der Waals surface area contributed by atoms with Crippen molar-refractivity contribution in [1.29, 1.82) is 0 Å². The standard InChI is InChI=1S/C23H23N3O/c1-16-10-17(2)12-21(11-16)23(27)26-9-6-20(15-26)18-5-8-25-22(13-18)19-4-3-7-24-14-19/h3-5,7-8,10-14,20H,6,9,15H2,1-2H3/t20-/m1/s1. The molecule has 1 aliphatic heterocycles. The van der Waals surface area contributed by atoms with E-state index in [1.807, 2.05) is 55.4 Å². The first-order valence-corrected chi connectivity index (χ1v) is 9.34. The molecule has 1 aliphatic rings. The van der Waals surface area contributed by atoms with Crippen LogP contribution in [0.15, 0.2) is 61.1 Å². The molecule has 0 saturated carbocycles. The lowest BCUT2D eigenvalue weighted by Crippen LogP contribution is -2.28. The summed E-state index contributed by atoms with van der Waals surface area (Å²) >= 11 is 0. The first-order chi connectivity index (χ1) is 13.1. The van der Waals surface area contributed by atoms with Crippen LogP contribution in [0.5, 0.6) is 0 Å². The molecule has 4 rings (SSSR count). The maximum Gasteiger partial charge on any atom is 0.253 e. The van der Waals surface area contributed by atoms with E-state index in [4.69, 9.17) is 0 Å². The van der Waals surface area contributed by atoms with Crippen molar-refractivity contribution in [2.24, 2.45) is 0 Å². The van der Waals surface area contributed by atoms with Gasteiger partial charge >= 0.3 is 0 Å². The Balaban J connectivity index is 1.52. The molecule has 1 atom stereocenters. The molecule has 1 amide bonds. The first kappa shape index (κ1) is 17.4. The number of rotatable bonds is 3. The zero-order valence-electron chi connectivity index (χ0n) is 15.7. The van der Waals surface area contributed by atoms with Gasteiger partial charge < -0.3 is 4.90 Å². The van der Waals surface area contributed by atoms with Crippen molar-refractivity contribution < 1.29 is 4.79 Å². The van der Waals surface area contributed by atoms with Crippen LogP contribution in [-0.4, -0.2) is 33.9 Å². The third kappa shape index (κ3) is 3.75. The van der Waals surface area contributed by atoms with Gasteiger partial charge in [-0.2, -0.15) is 0 Å². The Kier molecular flexibility index (Phi) is 4.71. The Labute approximate surface area is 159 Å². The largest absolute Gasteiger partial charge is 0.338 e. The Morgan fingerprint density at radius 3 is 2.63 bits per heavy atom. The molecular weight excluding hydrogens is 334 g/mol. The Morgan fingerprint density at radius 2 is 1.89 bits per heavy atom. The molecule has 0 bridgehead atoms. The molecule has 3 aromatic rings. The molecule has 4 nitrogen and oxygen atoms in total. The van der Waals surface area contributed by atoms with Gasteiger partial charge in [0.05, 0.1) is 5.69 Å². The van der Waals surface area contributed by atoms with Crippen molar-refractivity contribution in [3.63, 3.8) is 0 Å². The van der Waals surface area contributed by atoms with Gasteiger partial charge in [-0.25, -0.2) is 0 Å². The second kappa shape index (κ2) is 7.31. The molecule has 0 aliphatic carbocycles. The van der Waals surface area contributed by atoms with Gasteiger partial charge in [0.15, 0.2) is 0 Å².